The molecule has 3 rings (SSSR count). The lowest BCUT2D eigenvalue weighted by Gasteiger charge is -2.31. The predicted octanol–water partition coefficient (Wildman–Crippen LogP) is 2.79. The maximum atomic E-state index is 9.60. The van der Waals surface area contributed by atoms with Crippen molar-refractivity contribution in [2.75, 3.05) is 13.2 Å². The highest BCUT2D eigenvalue weighted by atomic mass is 16.3. The number of hydrogen-bond acceptors (Lipinski definition) is 3. The van der Waals surface area contributed by atoms with Gasteiger partial charge in [-0.25, -0.2) is 0 Å². The third kappa shape index (κ3) is 4.52. The Morgan fingerprint density at radius 2 is 2.10 bits per heavy atom. The van der Waals surface area contributed by atoms with E-state index in [1.165, 1.54) is 38.5 Å². The van der Waals surface area contributed by atoms with Crippen molar-refractivity contribution in [2.45, 2.75) is 51.0 Å². The van der Waals surface area contributed by atoms with E-state index in [1.807, 2.05) is 24.4 Å². The second kappa shape index (κ2) is 7.37. The highest BCUT2D eigenvalue weighted by molar-refractivity contribution is 5.04. The molecule has 3 unspecified atom stereocenters. The molecule has 2 aliphatic rings. The van der Waals surface area contributed by atoms with E-state index in [9.17, 15) is 5.11 Å². The fraction of sp³-hybridized carbons (Fsp3) is 0.722. The summed E-state index contributed by atoms with van der Waals surface area (Å²) in [6.07, 6.45) is 11.1. The lowest BCUT2D eigenvalue weighted by atomic mass is 9.82. The summed E-state index contributed by atoms with van der Waals surface area (Å²) in [4.78, 5) is 4.37. The molecule has 21 heavy (non-hydrogen) atoms. The molecule has 3 nitrogen and oxygen atoms in total. The van der Waals surface area contributed by atoms with E-state index in [2.05, 4.69) is 10.3 Å². The molecule has 3 heteroatoms. The monoisotopic (exact) mass is 288 g/mol. The summed E-state index contributed by atoms with van der Waals surface area (Å²) in [5.41, 5.74) is 1.08. The minimum absolute atomic E-state index is 0.238. The molecule has 0 radical (unpaired) electrons. The van der Waals surface area contributed by atoms with Crippen LogP contribution in [0.4, 0.5) is 0 Å². The van der Waals surface area contributed by atoms with Gasteiger partial charge < -0.3 is 10.4 Å². The molecule has 0 saturated heterocycles. The van der Waals surface area contributed by atoms with Gasteiger partial charge in [0.1, 0.15) is 0 Å². The standard InChI is InChI=1S/C18H28N2O/c21-13-14(10-17-5-1-2-9-19-17)12-20-18-6-3-4-16(11-18)15-7-8-15/h1-2,5,9,14-16,18,20-21H,3-4,6-8,10-13H2. The van der Waals surface area contributed by atoms with E-state index < -0.39 is 0 Å². The SMILES string of the molecule is OCC(CNC1CCCC(C2CC2)C1)Cc1ccccn1. The van der Waals surface area contributed by atoms with E-state index in [4.69, 9.17) is 0 Å². The Morgan fingerprint density at radius 1 is 1.19 bits per heavy atom. The second-order valence-electron chi connectivity index (χ2n) is 6.94. The first-order chi connectivity index (χ1) is 10.3. The van der Waals surface area contributed by atoms with Crippen LogP contribution in [0, 0.1) is 17.8 Å². The molecule has 0 aliphatic heterocycles. The van der Waals surface area contributed by atoms with Gasteiger partial charge in [-0.15, -0.1) is 0 Å². The van der Waals surface area contributed by atoms with E-state index in [0.717, 1.165) is 30.5 Å². The van der Waals surface area contributed by atoms with Gasteiger partial charge in [-0.3, -0.25) is 4.98 Å². The molecule has 1 heterocycles. The first-order valence-corrected chi connectivity index (χ1v) is 8.59. The second-order valence-corrected chi connectivity index (χ2v) is 6.94. The van der Waals surface area contributed by atoms with Crippen LogP contribution in [0.25, 0.3) is 0 Å². The molecule has 2 N–H and O–H groups in total. The number of nitrogens with zero attached hydrogens (tertiary/aromatic N) is 1. The maximum Gasteiger partial charge on any atom is 0.0475 e. The van der Waals surface area contributed by atoms with Crippen molar-refractivity contribution in [1.82, 2.24) is 10.3 Å². The van der Waals surface area contributed by atoms with Gasteiger partial charge in [-0.05, 0) is 62.0 Å². The normalized spacial score (nSPS) is 27.5. The Morgan fingerprint density at radius 3 is 2.81 bits per heavy atom. The van der Waals surface area contributed by atoms with Gasteiger partial charge in [0.25, 0.3) is 0 Å². The summed E-state index contributed by atoms with van der Waals surface area (Å²) < 4.78 is 0. The molecular formula is C18H28N2O. The fourth-order valence-corrected chi connectivity index (χ4v) is 3.76. The summed E-state index contributed by atoms with van der Waals surface area (Å²) in [5.74, 6) is 2.29. The van der Waals surface area contributed by atoms with Crippen LogP contribution in [0.5, 0.6) is 0 Å². The van der Waals surface area contributed by atoms with Crippen molar-refractivity contribution in [3.05, 3.63) is 30.1 Å². The maximum absolute atomic E-state index is 9.60. The van der Waals surface area contributed by atoms with Crippen LogP contribution < -0.4 is 5.32 Å². The topological polar surface area (TPSA) is 45.1 Å². The molecule has 1 aromatic rings. The number of aromatic nitrogens is 1. The number of rotatable bonds is 7. The van der Waals surface area contributed by atoms with Crippen molar-refractivity contribution in [1.29, 1.82) is 0 Å². The minimum atomic E-state index is 0.238. The third-order valence-corrected chi connectivity index (χ3v) is 5.18. The average molecular weight is 288 g/mol. The number of aliphatic hydroxyl groups is 1. The van der Waals surface area contributed by atoms with Crippen molar-refractivity contribution < 1.29 is 5.11 Å². The van der Waals surface area contributed by atoms with Crippen LogP contribution in [0.2, 0.25) is 0 Å². The largest absolute Gasteiger partial charge is 0.396 e. The van der Waals surface area contributed by atoms with Crippen molar-refractivity contribution in [3.63, 3.8) is 0 Å². The van der Waals surface area contributed by atoms with Crippen LogP contribution in [0.3, 0.4) is 0 Å². The molecule has 0 bridgehead atoms. The third-order valence-electron chi connectivity index (χ3n) is 5.18. The quantitative estimate of drug-likeness (QED) is 0.811. The molecular weight excluding hydrogens is 260 g/mol. The van der Waals surface area contributed by atoms with Crippen LogP contribution in [0.15, 0.2) is 24.4 Å². The Hall–Kier alpha value is -0.930. The summed E-state index contributed by atoms with van der Waals surface area (Å²) in [6, 6.07) is 6.68. The van der Waals surface area contributed by atoms with Gasteiger partial charge in [0.05, 0.1) is 0 Å². The lowest BCUT2D eigenvalue weighted by Crippen LogP contribution is -2.38. The lowest BCUT2D eigenvalue weighted by molar-refractivity contribution is 0.202. The van der Waals surface area contributed by atoms with Gasteiger partial charge in [0.2, 0.25) is 0 Å². The van der Waals surface area contributed by atoms with Crippen molar-refractivity contribution >= 4 is 0 Å². The number of pyridine rings is 1. The first-order valence-electron chi connectivity index (χ1n) is 8.59. The molecule has 3 atom stereocenters. The van der Waals surface area contributed by atoms with Gasteiger partial charge in [-0.1, -0.05) is 18.9 Å². The van der Waals surface area contributed by atoms with Gasteiger partial charge in [-0.2, -0.15) is 0 Å². The average Bonchev–Trinajstić information content (AvgIpc) is 3.37. The fourth-order valence-electron chi connectivity index (χ4n) is 3.76. The minimum Gasteiger partial charge on any atom is -0.396 e. The van der Waals surface area contributed by atoms with Gasteiger partial charge >= 0.3 is 0 Å². The molecule has 2 saturated carbocycles. The number of nitrogens with one attached hydrogen (secondary N) is 1. The highest BCUT2D eigenvalue weighted by Crippen LogP contribution is 2.43. The van der Waals surface area contributed by atoms with Crippen LogP contribution in [0.1, 0.15) is 44.2 Å². The zero-order valence-electron chi connectivity index (χ0n) is 12.9. The van der Waals surface area contributed by atoms with Gasteiger partial charge in [0, 0.05) is 31.1 Å². The zero-order chi connectivity index (χ0) is 14.5. The summed E-state index contributed by atoms with van der Waals surface area (Å²) >= 11 is 0. The Bertz CT molecular complexity index is 418. The summed E-state index contributed by atoms with van der Waals surface area (Å²) in [7, 11) is 0. The van der Waals surface area contributed by atoms with Crippen LogP contribution >= 0.6 is 0 Å². The number of hydrogen-bond donors (Lipinski definition) is 2. The molecule has 2 fully saturated rings. The Labute approximate surface area is 128 Å². The smallest absolute Gasteiger partial charge is 0.0475 e. The van der Waals surface area contributed by atoms with Gasteiger partial charge in [0.15, 0.2) is 0 Å². The van der Waals surface area contributed by atoms with E-state index >= 15 is 0 Å². The summed E-state index contributed by atoms with van der Waals surface area (Å²) in [6.45, 7) is 1.15. The van der Waals surface area contributed by atoms with Crippen LogP contribution in [-0.2, 0) is 6.42 Å². The van der Waals surface area contributed by atoms with E-state index in [0.29, 0.717) is 6.04 Å². The molecule has 1 aromatic heterocycles. The predicted molar refractivity (Wildman–Crippen MR) is 85.0 cm³/mol. The van der Waals surface area contributed by atoms with E-state index in [1.54, 1.807) is 0 Å². The number of aliphatic hydroxyl groups excluding tert-OH is 1. The highest BCUT2D eigenvalue weighted by Gasteiger charge is 2.34. The summed E-state index contributed by atoms with van der Waals surface area (Å²) in [5, 5.41) is 13.3. The molecule has 2 aliphatic carbocycles. The first kappa shape index (κ1) is 15.0. The Kier molecular flexibility index (Phi) is 5.26. The van der Waals surface area contributed by atoms with E-state index in [-0.39, 0.29) is 12.5 Å². The zero-order valence-corrected chi connectivity index (χ0v) is 12.9. The molecule has 0 spiro atoms. The van der Waals surface area contributed by atoms with Crippen LogP contribution in [-0.4, -0.2) is 29.3 Å². The van der Waals surface area contributed by atoms with Crippen molar-refractivity contribution in [3.8, 4) is 0 Å². The molecule has 0 amide bonds. The Balaban J connectivity index is 1.44. The molecule has 0 aromatic carbocycles. The molecule has 116 valence electrons. The van der Waals surface area contributed by atoms with Crippen molar-refractivity contribution in [2.24, 2.45) is 17.8 Å².